The zero-order valence-electron chi connectivity index (χ0n) is 24.5. The van der Waals surface area contributed by atoms with Gasteiger partial charge in [0.25, 0.3) is 11.7 Å². The lowest BCUT2D eigenvalue weighted by Gasteiger charge is -2.28. The molecular formula is C32H42N2O6. The molecule has 2 atom stereocenters. The van der Waals surface area contributed by atoms with E-state index < -0.39 is 17.7 Å². The summed E-state index contributed by atoms with van der Waals surface area (Å²) in [7, 11) is 1.57. The Morgan fingerprint density at radius 3 is 2.55 bits per heavy atom. The Bertz CT molecular complexity index is 1270. The van der Waals surface area contributed by atoms with Gasteiger partial charge in [-0.2, -0.15) is 0 Å². The molecule has 2 aliphatic rings. The second kappa shape index (κ2) is 12.8. The Labute approximate surface area is 237 Å². The van der Waals surface area contributed by atoms with E-state index in [1.807, 2.05) is 31.2 Å². The number of likely N-dealkylation sites (N-methyl/N-ethyl adjacent to an activating group) is 1. The Balaban J connectivity index is 1.77. The smallest absolute Gasteiger partial charge is 0.295 e. The lowest BCUT2D eigenvalue weighted by atomic mass is 9.94. The third kappa shape index (κ3) is 6.12. The summed E-state index contributed by atoms with van der Waals surface area (Å²) in [4.78, 5) is 30.7. The van der Waals surface area contributed by atoms with E-state index in [0.29, 0.717) is 54.7 Å². The highest BCUT2D eigenvalue weighted by molar-refractivity contribution is 6.46. The van der Waals surface area contributed by atoms with Crippen LogP contribution < -0.4 is 14.2 Å². The third-order valence-corrected chi connectivity index (χ3v) is 7.72. The average molecular weight is 551 g/mol. The van der Waals surface area contributed by atoms with Gasteiger partial charge in [-0.3, -0.25) is 9.59 Å². The minimum Gasteiger partial charge on any atom is -0.507 e. The van der Waals surface area contributed by atoms with Gasteiger partial charge >= 0.3 is 0 Å². The lowest BCUT2D eigenvalue weighted by Crippen LogP contribution is -2.38. The van der Waals surface area contributed by atoms with Crippen molar-refractivity contribution < 1.29 is 28.9 Å². The number of hydrogen-bond donors (Lipinski definition) is 1. The van der Waals surface area contributed by atoms with Gasteiger partial charge in [0.1, 0.15) is 17.6 Å². The van der Waals surface area contributed by atoms with Crippen molar-refractivity contribution in [1.82, 2.24) is 9.80 Å². The molecule has 216 valence electrons. The Morgan fingerprint density at radius 2 is 1.88 bits per heavy atom. The van der Waals surface area contributed by atoms with Crippen molar-refractivity contribution in [3.8, 4) is 17.2 Å². The summed E-state index contributed by atoms with van der Waals surface area (Å²) in [5, 5.41) is 11.5. The second-order valence-electron chi connectivity index (χ2n) is 10.9. The van der Waals surface area contributed by atoms with Crippen molar-refractivity contribution in [3.63, 3.8) is 0 Å². The summed E-state index contributed by atoms with van der Waals surface area (Å²) >= 11 is 0. The molecule has 0 spiro atoms. The van der Waals surface area contributed by atoms with Gasteiger partial charge in [0.2, 0.25) is 0 Å². The largest absolute Gasteiger partial charge is 0.507 e. The van der Waals surface area contributed by atoms with E-state index in [2.05, 4.69) is 32.6 Å². The number of carbonyl (C=O) groups is 2. The maximum Gasteiger partial charge on any atom is 0.295 e. The molecule has 1 saturated heterocycles. The maximum atomic E-state index is 13.5. The molecule has 2 unspecified atom stereocenters. The van der Waals surface area contributed by atoms with Crippen molar-refractivity contribution in [2.45, 2.75) is 59.6 Å². The molecule has 8 nitrogen and oxygen atoms in total. The molecule has 2 heterocycles. The predicted molar refractivity (Wildman–Crippen MR) is 155 cm³/mol. The minimum atomic E-state index is -0.766. The van der Waals surface area contributed by atoms with Crippen LogP contribution in [0.5, 0.6) is 17.2 Å². The first-order chi connectivity index (χ1) is 19.2. The van der Waals surface area contributed by atoms with E-state index in [4.69, 9.17) is 14.2 Å². The Kier molecular flexibility index (Phi) is 9.40. The van der Waals surface area contributed by atoms with Crippen molar-refractivity contribution in [1.29, 1.82) is 0 Å². The number of ketones is 1. The average Bonchev–Trinajstić information content (AvgIpc) is 3.44. The zero-order chi connectivity index (χ0) is 29.0. The number of hydrogen-bond acceptors (Lipinski definition) is 7. The molecule has 0 aromatic heterocycles. The van der Waals surface area contributed by atoms with Crippen LogP contribution in [-0.4, -0.2) is 72.6 Å². The van der Waals surface area contributed by atoms with Crippen LogP contribution in [0.1, 0.15) is 63.8 Å². The fourth-order valence-electron chi connectivity index (χ4n) is 5.35. The topological polar surface area (TPSA) is 88.5 Å². The number of ether oxygens (including phenoxy) is 3. The van der Waals surface area contributed by atoms with E-state index in [9.17, 15) is 14.7 Å². The van der Waals surface area contributed by atoms with Gasteiger partial charge in [-0.15, -0.1) is 0 Å². The molecule has 4 rings (SSSR count). The van der Waals surface area contributed by atoms with Crippen molar-refractivity contribution >= 4 is 17.4 Å². The van der Waals surface area contributed by atoms with Crippen LogP contribution in [0.25, 0.3) is 5.76 Å². The molecule has 1 N–H and O–H groups in total. The SMILES string of the molecule is CCN(CC)CCN1C(=O)C(=O)/C(=C(\O)c2ccc3c(c2)CC(C)O3)C1c1ccc(OCCC(C)C)c(OC)c1. The quantitative estimate of drug-likeness (QED) is 0.221. The summed E-state index contributed by atoms with van der Waals surface area (Å²) in [5.74, 6) is 0.894. The molecule has 1 fully saturated rings. The van der Waals surface area contributed by atoms with Crippen LogP contribution in [0.2, 0.25) is 0 Å². The van der Waals surface area contributed by atoms with Crippen LogP contribution >= 0.6 is 0 Å². The summed E-state index contributed by atoms with van der Waals surface area (Å²) in [6.45, 7) is 13.6. The first-order valence-corrected chi connectivity index (χ1v) is 14.3. The zero-order valence-corrected chi connectivity index (χ0v) is 24.5. The fourth-order valence-corrected chi connectivity index (χ4v) is 5.35. The lowest BCUT2D eigenvalue weighted by molar-refractivity contribution is -0.140. The number of aliphatic hydroxyl groups is 1. The number of likely N-dealkylation sites (tertiary alicyclic amines) is 1. The first-order valence-electron chi connectivity index (χ1n) is 14.3. The standard InChI is InChI=1S/C32H42N2O6/c1-7-33(8-2)14-15-34-29(22-9-12-26(27(19-22)38-6)39-16-13-20(3)4)28(31(36)32(34)37)30(35)23-10-11-25-24(18-23)17-21(5)40-25/h9-12,18-21,29,35H,7-8,13-17H2,1-6H3/b30-28-. The molecule has 2 aromatic carbocycles. The molecule has 40 heavy (non-hydrogen) atoms. The van der Waals surface area contributed by atoms with E-state index in [1.165, 1.54) is 0 Å². The van der Waals surface area contributed by atoms with Crippen LogP contribution in [0.4, 0.5) is 0 Å². The Hall–Kier alpha value is -3.52. The predicted octanol–water partition coefficient (Wildman–Crippen LogP) is 5.21. The van der Waals surface area contributed by atoms with Gasteiger partial charge in [-0.1, -0.05) is 33.8 Å². The third-order valence-electron chi connectivity index (χ3n) is 7.72. The molecule has 2 aromatic rings. The normalized spacial score (nSPS) is 19.9. The van der Waals surface area contributed by atoms with Gasteiger partial charge in [0.15, 0.2) is 11.5 Å². The summed E-state index contributed by atoms with van der Waals surface area (Å²) in [6, 6.07) is 10.1. The monoisotopic (exact) mass is 550 g/mol. The highest BCUT2D eigenvalue weighted by Crippen LogP contribution is 2.42. The number of amides is 1. The van der Waals surface area contributed by atoms with Gasteiger partial charge < -0.3 is 29.1 Å². The summed E-state index contributed by atoms with van der Waals surface area (Å²) in [6.07, 6.45) is 1.67. The minimum absolute atomic E-state index is 0.0480. The number of aliphatic hydroxyl groups excluding tert-OH is 1. The van der Waals surface area contributed by atoms with E-state index in [1.54, 1.807) is 24.1 Å². The molecule has 0 aliphatic carbocycles. The van der Waals surface area contributed by atoms with Crippen LogP contribution in [0.15, 0.2) is 42.0 Å². The highest BCUT2D eigenvalue weighted by Gasteiger charge is 2.46. The number of Topliss-reactive ketones (excluding diaryl/α,β-unsaturated/α-hetero) is 1. The van der Waals surface area contributed by atoms with Crippen molar-refractivity contribution in [2.75, 3.05) is 39.9 Å². The van der Waals surface area contributed by atoms with Crippen molar-refractivity contribution in [2.24, 2.45) is 5.92 Å². The van der Waals surface area contributed by atoms with Gasteiger partial charge in [0, 0.05) is 25.1 Å². The van der Waals surface area contributed by atoms with Crippen LogP contribution in [-0.2, 0) is 16.0 Å². The highest BCUT2D eigenvalue weighted by atomic mass is 16.5. The number of methoxy groups -OCH3 is 1. The molecule has 8 heteroatoms. The van der Waals surface area contributed by atoms with Crippen LogP contribution in [0.3, 0.4) is 0 Å². The summed E-state index contributed by atoms with van der Waals surface area (Å²) < 4.78 is 17.4. The van der Waals surface area contributed by atoms with Crippen molar-refractivity contribution in [3.05, 3.63) is 58.7 Å². The van der Waals surface area contributed by atoms with E-state index in [0.717, 1.165) is 30.8 Å². The van der Waals surface area contributed by atoms with Gasteiger partial charge in [0.05, 0.1) is 25.3 Å². The number of rotatable bonds is 12. The molecule has 1 amide bonds. The molecule has 0 bridgehead atoms. The van der Waals surface area contributed by atoms with E-state index in [-0.39, 0.29) is 17.4 Å². The number of benzene rings is 2. The maximum absolute atomic E-state index is 13.5. The fraction of sp³-hybridized carbons (Fsp3) is 0.500. The summed E-state index contributed by atoms with van der Waals surface area (Å²) in [5.41, 5.74) is 2.20. The first kappa shape index (κ1) is 29.5. The second-order valence-corrected chi connectivity index (χ2v) is 10.9. The molecule has 0 radical (unpaired) electrons. The number of nitrogens with zero attached hydrogens (tertiary/aromatic N) is 2. The molecule has 0 saturated carbocycles. The molecular weight excluding hydrogens is 508 g/mol. The van der Waals surface area contributed by atoms with E-state index >= 15 is 0 Å². The van der Waals surface area contributed by atoms with Gasteiger partial charge in [-0.05, 0) is 73.8 Å². The number of fused-ring (bicyclic) bond motifs is 1. The van der Waals surface area contributed by atoms with Gasteiger partial charge in [-0.25, -0.2) is 0 Å². The molecule has 2 aliphatic heterocycles. The van der Waals surface area contributed by atoms with Crippen LogP contribution in [0, 0.1) is 5.92 Å². The number of carbonyl (C=O) groups excluding carboxylic acids is 2. The Morgan fingerprint density at radius 1 is 1.12 bits per heavy atom.